The molecule has 0 fully saturated rings. The summed E-state index contributed by atoms with van der Waals surface area (Å²) in [6, 6.07) is 2.98. The van der Waals surface area contributed by atoms with Gasteiger partial charge in [-0.2, -0.15) is 13.2 Å². The fourth-order valence-electron chi connectivity index (χ4n) is 2.62. The zero-order valence-corrected chi connectivity index (χ0v) is 17.3. The van der Waals surface area contributed by atoms with E-state index in [1.165, 1.54) is 13.1 Å². The number of ether oxygens (including phenoxy) is 1. The van der Waals surface area contributed by atoms with Crippen molar-refractivity contribution in [1.82, 2.24) is 24.2 Å². The molecule has 0 aromatic carbocycles. The van der Waals surface area contributed by atoms with Gasteiger partial charge in [0.05, 0.1) is 17.7 Å². The van der Waals surface area contributed by atoms with Crippen LogP contribution in [0.25, 0.3) is 5.65 Å². The number of hydrogen-bond acceptors (Lipinski definition) is 6. The highest BCUT2D eigenvalue weighted by molar-refractivity contribution is 7.89. The maximum absolute atomic E-state index is 12.9. The molecule has 0 aliphatic rings. The number of methoxy groups -OCH3 is 1. The zero-order valence-electron chi connectivity index (χ0n) is 15.7. The minimum absolute atomic E-state index is 0.0512. The first-order chi connectivity index (χ1) is 14.3. The molecule has 166 valence electrons. The molecule has 0 aliphatic heterocycles. The number of carbonyl (C=O) groups is 2. The lowest BCUT2D eigenvalue weighted by Crippen LogP contribution is -2.42. The summed E-state index contributed by atoms with van der Waals surface area (Å²) in [5.74, 6) is -1.83. The molecular weight excluding hydrogens is 467 g/mol. The molecule has 3 aromatic rings. The molecule has 1 amide bonds. The summed E-state index contributed by atoms with van der Waals surface area (Å²) in [5.41, 5.74) is 0.260. The van der Waals surface area contributed by atoms with Gasteiger partial charge in [-0.1, -0.05) is 11.6 Å². The monoisotopic (exact) mass is 479 g/mol. The number of hydrogen-bond donors (Lipinski definition) is 2. The van der Waals surface area contributed by atoms with E-state index in [4.69, 9.17) is 11.6 Å². The SMILES string of the molecule is COC(=O)c1ccc(S(=O)(=O)NNC(=O)c2cn3cc(C(F)(F)F)cc(Cl)c3n2)n1C. The van der Waals surface area contributed by atoms with Crippen molar-refractivity contribution in [3.05, 3.63) is 52.6 Å². The molecule has 0 radical (unpaired) electrons. The van der Waals surface area contributed by atoms with Gasteiger partial charge in [0.15, 0.2) is 10.7 Å². The molecule has 0 saturated heterocycles. The molecule has 0 saturated carbocycles. The van der Waals surface area contributed by atoms with Crippen LogP contribution in [0.4, 0.5) is 13.2 Å². The van der Waals surface area contributed by atoms with Gasteiger partial charge in [0, 0.05) is 19.4 Å². The smallest absolute Gasteiger partial charge is 0.417 e. The van der Waals surface area contributed by atoms with Crippen molar-refractivity contribution < 1.29 is 35.9 Å². The summed E-state index contributed by atoms with van der Waals surface area (Å²) >= 11 is 5.81. The third kappa shape index (κ3) is 4.35. The Morgan fingerprint density at radius 2 is 1.90 bits per heavy atom. The van der Waals surface area contributed by atoms with Gasteiger partial charge >= 0.3 is 12.1 Å². The number of amides is 1. The number of carbonyl (C=O) groups excluding carboxylic acids is 2. The van der Waals surface area contributed by atoms with Crippen molar-refractivity contribution in [2.24, 2.45) is 7.05 Å². The predicted octanol–water partition coefficient (Wildman–Crippen LogP) is 1.75. The number of hydrazine groups is 1. The first kappa shape index (κ1) is 22.6. The molecule has 0 atom stereocenters. The highest BCUT2D eigenvalue weighted by Gasteiger charge is 2.32. The van der Waals surface area contributed by atoms with E-state index in [-0.39, 0.29) is 21.4 Å². The van der Waals surface area contributed by atoms with Crippen LogP contribution in [0.1, 0.15) is 26.5 Å². The average molecular weight is 480 g/mol. The number of rotatable bonds is 5. The molecule has 0 unspecified atom stereocenters. The number of pyridine rings is 1. The summed E-state index contributed by atoms with van der Waals surface area (Å²) in [4.78, 5) is 29.5. The Labute approximate surface area is 177 Å². The molecule has 0 bridgehead atoms. The molecule has 2 N–H and O–H groups in total. The second kappa shape index (κ2) is 7.86. The number of nitrogens with zero attached hydrogens (tertiary/aromatic N) is 3. The van der Waals surface area contributed by atoms with Crippen LogP contribution in [0.2, 0.25) is 5.02 Å². The first-order valence-corrected chi connectivity index (χ1v) is 10.0. The van der Waals surface area contributed by atoms with Crippen LogP contribution in [-0.4, -0.2) is 41.4 Å². The maximum atomic E-state index is 12.9. The third-order valence-corrected chi connectivity index (χ3v) is 5.72. The van der Waals surface area contributed by atoms with Crippen LogP contribution in [0.5, 0.6) is 0 Å². The normalized spacial score (nSPS) is 12.2. The number of esters is 1. The van der Waals surface area contributed by atoms with E-state index in [1.54, 1.807) is 0 Å². The van der Waals surface area contributed by atoms with E-state index in [0.717, 1.165) is 28.3 Å². The minimum atomic E-state index is -4.67. The van der Waals surface area contributed by atoms with Gasteiger partial charge in [0.2, 0.25) is 0 Å². The highest BCUT2D eigenvalue weighted by atomic mass is 35.5. The van der Waals surface area contributed by atoms with Crippen molar-refractivity contribution in [3.8, 4) is 0 Å². The lowest BCUT2D eigenvalue weighted by molar-refractivity contribution is -0.137. The minimum Gasteiger partial charge on any atom is -0.464 e. The van der Waals surface area contributed by atoms with E-state index in [2.05, 4.69) is 9.72 Å². The van der Waals surface area contributed by atoms with Crippen molar-refractivity contribution >= 4 is 39.1 Å². The molecule has 3 rings (SSSR count). The number of aromatic nitrogens is 3. The van der Waals surface area contributed by atoms with Gasteiger partial charge in [0.1, 0.15) is 11.4 Å². The topological polar surface area (TPSA) is 124 Å². The standard InChI is InChI=1S/C16H13ClF3N5O5S/c1-24-11(15(27)30-2)3-4-12(24)31(28,29)23-22-14(26)10-7-25-6-8(16(18,19)20)5-9(17)13(25)21-10/h3-7,23H,1-2H3,(H,22,26). The quantitative estimate of drug-likeness (QED) is 0.424. The van der Waals surface area contributed by atoms with Crippen molar-refractivity contribution in [2.45, 2.75) is 11.2 Å². The fourth-order valence-corrected chi connectivity index (χ4v) is 3.92. The molecule has 3 heterocycles. The van der Waals surface area contributed by atoms with Gasteiger partial charge in [0.25, 0.3) is 15.9 Å². The highest BCUT2D eigenvalue weighted by Crippen LogP contribution is 2.32. The van der Waals surface area contributed by atoms with Gasteiger partial charge < -0.3 is 13.7 Å². The van der Waals surface area contributed by atoms with E-state index in [0.29, 0.717) is 12.3 Å². The summed E-state index contributed by atoms with van der Waals surface area (Å²) in [6.45, 7) is 0. The lowest BCUT2D eigenvalue weighted by Gasteiger charge is -2.09. The third-order valence-electron chi connectivity index (χ3n) is 4.11. The van der Waals surface area contributed by atoms with Crippen LogP contribution >= 0.6 is 11.6 Å². The summed E-state index contributed by atoms with van der Waals surface area (Å²) in [7, 11) is -1.89. The van der Waals surface area contributed by atoms with Gasteiger partial charge in [-0.25, -0.2) is 18.2 Å². The second-order valence-corrected chi connectivity index (χ2v) is 8.14. The Balaban J connectivity index is 1.82. The second-order valence-electron chi connectivity index (χ2n) is 6.10. The van der Waals surface area contributed by atoms with Crippen LogP contribution in [0, 0.1) is 0 Å². The summed E-state index contributed by atoms with van der Waals surface area (Å²) in [5, 5.41) is -0.713. The number of halogens is 4. The number of imidazole rings is 1. The van der Waals surface area contributed by atoms with E-state index in [9.17, 15) is 31.2 Å². The molecule has 15 heteroatoms. The molecule has 3 aromatic heterocycles. The van der Waals surface area contributed by atoms with Crippen LogP contribution < -0.4 is 10.3 Å². The molecule has 10 nitrogen and oxygen atoms in total. The maximum Gasteiger partial charge on any atom is 0.417 e. The van der Waals surface area contributed by atoms with Crippen molar-refractivity contribution in [3.63, 3.8) is 0 Å². The number of nitrogens with one attached hydrogen (secondary N) is 2. The number of alkyl halides is 3. The van der Waals surface area contributed by atoms with E-state index in [1.807, 2.05) is 10.3 Å². The fraction of sp³-hybridized carbons (Fsp3) is 0.188. The lowest BCUT2D eigenvalue weighted by atomic mass is 10.3. The average Bonchev–Trinajstić information content (AvgIpc) is 3.29. The van der Waals surface area contributed by atoms with E-state index >= 15 is 0 Å². The molecular formula is C16H13ClF3N5O5S. The van der Waals surface area contributed by atoms with Crippen LogP contribution in [0.15, 0.2) is 35.6 Å². The Kier molecular flexibility index (Phi) is 5.73. The number of sulfonamides is 1. The Hall–Kier alpha value is -3.10. The van der Waals surface area contributed by atoms with Gasteiger partial charge in [-0.3, -0.25) is 10.2 Å². The zero-order chi connectivity index (χ0) is 23.1. The van der Waals surface area contributed by atoms with Gasteiger partial charge in [-0.05, 0) is 18.2 Å². The van der Waals surface area contributed by atoms with Gasteiger partial charge in [-0.15, -0.1) is 4.83 Å². The van der Waals surface area contributed by atoms with Crippen molar-refractivity contribution in [1.29, 1.82) is 0 Å². The number of fused-ring (bicyclic) bond motifs is 1. The van der Waals surface area contributed by atoms with E-state index < -0.39 is 39.3 Å². The molecule has 0 aliphatic carbocycles. The van der Waals surface area contributed by atoms with Crippen LogP contribution in [0.3, 0.4) is 0 Å². The molecule has 31 heavy (non-hydrogen) atoms. The van der Waals surface area contributed by atoms with Crippen molar-refractivity contribution in [2.75, 3.05) is 7.11 Å². The Morgan fingerprint density at radius 1 is 1.23 bits per heavy atom. The first-order valence-electron chi connectivity index (χ1n) is 8.17. The largest absolute Gasteiger partial charge is 0.464 e. The Morgan fingerprint density at radius 3 is 2.52 bits per heavy atom. The summed E-state index contributed by atoms with van der Waals surface area (Å²) < 4.78 is 70.0. The Bertz CT molecular complexity index is 1300. The summed E-state index contributed by atoms with van der Waals surface area (Å²) in [6.07, 6.45) is -3.02. The predicted molar refractivity (Wildman–Crippen MR) is 99.7 cm³/mol. The molecule has 0 spiro atoms. The van der Waals surface area contributed by atoms with Crippen LogP contribution in [-0.2, 0) is 28.0 Å².